The number of ether oxygens (including phenoxy) is 2. The monoisotopic (exact) mass is 838 g/mol. The summed E-state index contributed by atoms with van der Waals surface area (Å²) >= 11 is 0.543. The van der Waals surface area contributed by atoms with Crippen LogP contribution in [0.4, 0.5) is 35.2 Å². The van der Waals surface area contributed by atoms with Crippen molar-refractivity contribution in [3.05, 3.63) is 47.5 Å². The van der Waals surface area contributed by atoms with Gasteiger partial charge in [0.05, 0.1) is 57.6 Å². The molecule has 292 valence electrons. The number of hydrogen-bond donors (Lipinski definition) is 6. The molecule has 0 spiro atoms. The van der Waals surface area contributed by atoms with Crippen LogP contribution < -0.4 is 94.3 Å². The molecule has 0 aliphatic carbocycles. The van der Waals surface area contributed by atoms with E-state index >= 15 is 0 Å². The minimum absolute atomic E-state index is 0. The topological polar surface area (TPSA) is 306 Å². The summed E-state index contributed by atoms with van der Waals surface area (Å²) in [6.45, 7) is -0.535. The van der Waals surface area contributed by atoms with Crippen LogP contribution in [-0.2, 0) is 19.5 Å². The van der Waals surface area contributed by atoms with Crippen LogP contribution in [0.25, 0.3) is 12.2 Å². The Labute approximate surface area is 369 Å². The van der Waals surface area contributed by atoms with Crippen LogP contribution in [-0.4, -0.2) is 130 Å². The molecular formula is C30H36N10Na2O12S2. The Morgan fingerprint density at radius 3 is 1.59 bits per heavy atom. The van der Waals surface area contributed by atoms with E-state index in [9.17, 15) is 38.7 Å². The van der Waals surface area contributed by atoms with Crippen LogP contribution >= 0.6 is 12.0 Å². The molecule has 2 aromatic heterocycles. The van der Waals surface area contributed by atoms with Gasteiger partial charge in [0.25, 0.3) is 0 Å². The predicted molar refractivity (Wildman–Crippen MR) is 190 cm³/mol. The normalized spacial score (nSPS) is 11.1. The number of benzene rings is 2. The van der Waals surface area contributed by atoms with E-state index in [1.54, 1.807) is 12.1 Å². The van der Waals surface area contributed by atoms with E-state index < -0.39 is 15.0 Å². The molecular weight excluding hydrogens is 803 g/mol. The van der Waals surface area contributed by atoms with Gasteiger partial charge in [-0.15, -0.1) is 0 Å². The van der Waals surface area contributed by atoms with Gasteiger partial charge in [0.15, 0.2) is 0 Å². The van der Waals surface area contributed by atoms with Gasteiger partial charge >= 0.3 is 71.1 Å². The van der Waals surface area contributed by atoms with Crippen LogP contribution in [0.2, 0.25) is 0 Å². The second-order valence-electron chi connectivity index (χ2n) is 10.5. The first-order chi connectivity index (χ1) is 26.0. The molecule has 0 saturated heterocycles. The van der Waals surface area contributed by atoms with Gasteiger partial charge in [-0.3, -0.25) is 5.04 Å². The molecule has 2 aromatic carbocycles. The summed E-state index contributed by atoms with van der Waals surface area (Å²) < 4.78 is 52.1. The maximum atomic E-state index is 12.4. The Kier molecular flexibility index (Phi) is 21.7. The zero-order chi connectivity index (χ0) is 39.1. The van der Waals surface area contributed by atoms with Crippen molar-refractivity contribution >= 4 is 69.5 Å². The molecule has 0 saturated carbocycles. The molecule has 6 N–H and O–H groups in total. The first-order valence-electron chi connectivity index (χ1n) is 15.7. The van der Waals surface area contributed by atoms with Gasteiger partial charge in [0.2, 0.25) is 23.8 Å². The van der Waals surface area contributed by atoms with Crippen molar-refractivity contribution in [1.82, 2.24) is 29.9 Å². The number of nitrogens with one attached hydrogen (secondary N) is 2. The molecule has 0 aliphatic rings. The molecule has 0 radical (unpaired) electrons. The van der Waals surface area contributed by atoms with Crippen molar-refractivity contribution in [2.75, 3.05) is 87.3 Å². The molecule has 0 amide bonds. The molecule has 26 heteroatoms. The fourth-order valence-corrected chi connectivity index (χ4v) is 5.86. The van der Waals surface area contributed by atoms with Gasteiger partial charge in [-0.1, -0.05) is 24.3 Å². The van der Waals surface area contributed by atoms with Gasteiger partial charge in [0, 0.05) is 42.4 Å². The number of rotatable bonds is 22. The van der Waals surface area contributed by atoms with Crippen molar-refractivity contribution in [2.24, 2.45) is 0 Å². The number of hydrogen-bond acceptors (Lipinski definition) is 23. The molecule has 0 bridgehead atoms. The third-order valence-corrected chi connectivity index (χ3v) is 8.57. The summed E-state index contributed by atoms with van der Waals surface area (Å²) in [7, 11) is -2.36. The van der Waals surface area contributed by atoms with Crippen molar-refractivity contribution in [3.63, 3.8) is 0 Å². The number of aromatic nitrogens is 6. The molecule has 0 aliphatic heterocycles. The van der Waals surface area contributed by atoms with Crippen LogP contribution in [0, 0.1) is 0 Å². The number of aliphatic hydroxyl groups excluding tert-OH is 4. The van der Waals surface area contributed by atoms with Crippen LogP contribution in [0.15, 0.2) is 46.2 Å². The molecule has 2 heterocycles. The number of aliphatic hydroxyl groups is 4. The Bertz CT molecular complexity index is 1980. The van der Waals surface area contributed by atoms with Gasteiger partial charge < -0.3 is 60.1 Å². The first kappa shape index (κ1) is 49.1. The Hall–Kier alpha value is -3.02. The number of nitrogens with zero attached hydrogens (tertiary/aromatic N) is 8. The average molecular weight is 839 g/mol. The first-order valence-corrected chi connectivity index (χ1v) is 17.8. The average Bonchev–Trinajstić information content (AvgIpc) is 3.16. The standard InChI is InChI=1S/C30H38N10O12S2.2Na/c1-49-29-35-25(33-27(37-29)39(9-13-41)10-14-42)31-21-7-5-19(23(17-21)53-52-51-45)3-4-20-6-8-22(18-24(20)54(46,47)48)32-26-34-28(38-30(36-26)50-2)40(11-15-43)12-16-44;;/h3-8,17-18,41-45H,9-16H2,1-2H3,(H,46,47,48)(H,31,33,35,37)(H,32,34,36,38);;/q;2*+1/p-2. The Balaban J connectivity index is 0.00000541. The maximum Gasteiger partial charge on any atom is 1.00 e. The van der Waals surface area contributed by atoms with Gasteiger partial charge in [-0.05, 0) is 35.4 Å². The summed E-state index contributed by atoms with van der Waals surface area (Å²) in [6, 6.07) is 8.50. The minimum atomic E-state index is -5.03. The zero-order valence-electron chi connectivity index (χ0n) is 30.7. The Morgan fingerprint density at radius 2 is 1.16 bits per heavy atom. The van der Waals surface area contributed by atoms with E-state index in [0.717, 1.165) is 6.07 Å². The van der Waals surface area contributed by atoms with Crippen molar-refractivity contribution < 1.29 is 117 Å². The van der Waals surface area contributed by atoms with E-state index in [-0.39, 0.29) is 159 Å². The predicted octanol–water partition coefficient (Wildman–Crippen LogP) is -6.54. The van der Waals surface area contributed by atoms with Crippen molar-refractivity contribution in [2.45, 2.75) is 9.79 Å². The fourth-order valence-electron chi connectivity index (χ4n) is 4.65. The Morgan fingerprint density at radius 1 is 0.714 bits per heavy atom. The van der Waals surface area contributed by atoms with E-state index in [1.165, 1.54) is 54.4 Å². The molecule has 0 fully saturated rings. The summed E-state index contributed by atoms with van der Waals surface area (Å²) in [4.78, 5) is 27.9. The molecule has 0 unspecified atom stereocenters. The van der Waals surface area contributed by atoms with E-state index in [4.69, 9.17) is 9.47 Å². The molecule has 4 aromatic rings. The summed E-state index contributed by atoms with van der Waals surface area (Å²) in [5, 5.41) is 57.7. The number of anilines is 6. The molecule has 4 rings (SSSR count). The second-order valence-corrected chi connectivity index (χ2v) is 12.6. The van der Waals surface area contributed by atoms with Gasteiger partial charge in [-0.2, -0.15) is 34.2 Å². The van der Waals surface area contributed by atoms with E-state index in [1.807, 2.05) is 0 Å². The van der Waals surface area contributed by atoms with Crippen molar-refractivity contribution in [1.29, 1.82) is 0 Å². The molecule has 56 heavy (non-hydrogen) atoms. The van der Waals surface area contributed by atoms with Crippen LogP contribution in [0.5, 0.6) is 12.0 Å². The summed E-state index contributed by atoms with van der Waals surface area (Å²) in [5.74, 6) is 0.142. The van der Waals surface area contributed by atoms with E-state index in [0.29, 0.717) is 28.2 Å². The third kappa shape index (κ3) is 14.4. The quantitative estimate of drug-likeness (QED) is 0.0107. The molecule has 0 atom stereocenters. The largest absolute Gasteiger partial charge is 1.00 e. The summed E-state index contributed by atoms with van der Waals surface area (Å²) in [6.07, 6.45) is 2.84. The maximum absolute atomic E-state index is 12.4. The third-order valence-electron chi connectivity index (χ3n) is 7.02. The molecule has 22 nitrogen and oxygen atoms in total. The van der Waals surface area contributed by atoms with Crippen molar-refractivity contribution in [3.8, 4) is 12.0 Å². The minimum Gasteiger partial charge on any atom is -0.744 e. The zero-order valence-corrected chi connectivity index (χ0v) is 36.4. The SMILES string of the molecule is COc1nc(Nc2ccc(C=Cc3ccc(Nc4nc(OC)nc(N(CCO)CCO)n4)cc3S(=O)(=O)[O-])c(SOO[O-])c2)nc(N(CCO)CCO)n1.[Na+].[Na+]. The van der Waals surface area contributed by atoms with E-state index in [2.05, 4.69) is 49.9 Å². The summed E-state index contributed by atoms with van der Waals surface area (Å²) in [5.41, 5.74) is 0.940. The second kappa shape index (κ2) is 24.7. The fraction of sp³-hybridized carbons (Fsp3) is 0.333. The van der Waals surface area contributed by atoms with Crippen LogP contribution in [0.3, 0.4) is 0 Å². The van der Waals surface area contributed by atoms with Gasteiger partial charge in [0.1, 0.15) is 10.1 Å². The van der Waals surface area contributed by atoms with Gasteiger partial charge in [-0.25, -0.2) is 8.42 Å². The van der Waals surface area contributed by atoms with Crippen LogP contribution in [0.1, 0.15) is 11.1 Å². The smallest absolute Gasteiger partial charge is 0.744 e. The number of methoxy groups -OCH3 is 2.